The molecular weight excluding hydrogens is 416 g/mol. The maximum atomic E-state index is 13.5. The second-order valence-corrected chi connectivity index (χ2v) is 15.0. The number of benzene rings is 1. The van der Waals surface area contributed by atoms with E-state index in [1.165, 1.54) is 28.0 Å². The van der Waals surface area contributed by atoms with Gasteiger partial charge in [-0.1, -0.05) is 55.6 Å². The SMILES string of the molecule is C[C@@]1(C(=O)Nc2nccs2)Cc2ccc(C#C[Si](C)(C)C)cc2C1C1=CC=CC#CC1. The summed E-state index contributed by atoms with van der Waals surface area (Å²) in [5.41, 5.74) is 7.44. The Labute approximate surface area is 189 Å². The quantitative estimate of drug-likeness (QED) is 0.500. The zero-order valence-corrected chi connectivity index (χ0v) is 20.2. The van der Waals surface area contributed by atoms with Crippen LogP contribution < -0.4 is 5.32 Å². The highest BCUT2D eigenvalue weighted by Gasteiger charge is 2.49. The number of carbonyl (C=O) groups is 1. The van der Waals surface area contributed by atoms with Crippen molar-refractivity contribution in [2.24, 2.45) is 5.41 Å². The number of allylic oxidation sites excluding steroid dienone is 4. The molecule has 0 saturated carbocycles. The van der Waals surface area contributed by atoms with Gasteiger partial charge in [-0.25, -0.2) is 4.98 Å². The van der Waals surface area contributed by atoms with Gasteiger partial charge >= 0.3 is 0 Å². The highest BCUT2D eigenvalue weighted by atomic mass is 32.1. The molecule has 1 unspecified atom stereocenters. The standard InChI is InChI=1S/C26H26N2OSSi/c1-26(24(29)28-25-27-14-15-30-25)18-21-12-11-19(13-16-31(2,3)4)17-22(21)23(26)20-9-7-5-6-8-10-20/h5,7,9,11-12,14-15,17,23H,10,18H2,1-4H3,(H,27,28,29)/t23?,26-/m1/s1. The average Bonchev–Trinajstić information content (AvgIpc) is 3.23. The fourth-order valence-corrected chi connectivity index (χ4v) is 5.28. The van der Waals surface area contributed by atoms with Crippen LogP contribution in [0.4, 0.5) is 5.13 Å². The van der Waals surface area contributed by atoms with Crippen LogP contribution in [0.5, 0.6) is 0 Å². The number of hydrogen-bond donors (Lipinski definition) is 1. The van der Waals surface area contributed by atoms with E-state index in [-0.39, 0.29) is 11.8 Å². The van der Waals surface area contributed by atoms with E-state index in [0.717, 1.165) is 5.56 Å². The van der Waals surface area contributed by atoms with Gasteiger partial charge in [0.1, 0.15) is 8.07 Å². The highest BCUT2D eigenvalue weighted by molar-refractivity contribution is 7.13. The summed E-state index contributed by atoms with van der Waals surface area (Å²) in [7, 11) is -1.47. The van der Waals surface area contributed by atoms with Crippen LogP contribution in [0.3, 0.4) is 0 Å². The fourth-order valence-electron chi connectivity index (χ4n) is 4.24. The van der Waals surface area contributed by atoms with E-state index in [2.05, 4.69) is 84.4 Å². The van der Waals surface area contributed by atoms with Gasteiger partial charge in [0.05, 0.1) is 5.41 Å². The van der Waals surface area contributed by atoms with Crippen molar-refractivity contribution < 1.29 is 4.79 Å². The van der Waals surface area contributed by atoms with Crippen molar-refractivity contribution in [1.82, 2.24) is 4.98 Å². The largest absolute Gasteiger partial charge is 0.301 e. The third-order valence-corrected chi connectivity index (χ3v) is 7.22. The molecule has 2 aliphatic carbocycles. The number of fused-ring (bicyclic) bond motifs is 1. The van der Waals surface area contributed by atoms with Gasteiger partial charge in [-0.2, -0.15) is 0 Å². The monoisotopic (exact) mass is 442 g/mol. The number of carbonyl (C=O) groups excluding carboxylic acids is 1. The lowest BCUT2D eigenvalue weighted by Gasteiger charge is -2.32. The molecule has 0 aliphatic heterocycles. The van der Waals surface area contributed by atoms with Crippen molar-refractivity contribution in [2.75, 3.05) is 5.32 Å². The van der Waals surface area contributed by atoms with Gasteiger partial charge in [0, 0.05) is 29.5 Å². The molecule has 0 radical (unpaired) electrons. The zero-order chi connectivity index (χ0) is 22.1. The minimum absolute atomic E-state index is 0.000434. The summed E-state index contributed by atoms with van der Waals surface area (Å²) >= 11 is 1.44. The van der Waals surface area contributed by atoms with Crippen LogP contribution in [0.1, 0.15) is 36.0 Å². The molecule has 1 aromatic carbocycles. The highest BCUT2D eigenvalue weighted by Crippen LogP contribution is 2.52. The number of aromatic nitrogens is 1. The van der Waals surface area contributed by atoms with Crippen molar-refractivity contribution in [3.63, 3.8) is 0 Å². The van der Waals surface area contributed by atoms with Crippen LogP contribution >= 0.6 is 11.3 Å². The van der Waals surface area contributed by atoms with E-state index in [1.807, 2.05) is 17.5 Å². The number of thiazole rings is 1. The summed E-state index contributed by atoms with van der Waals surface area (Å²) in [5, 5.41) is 5.56. The Balaban J connectivity index is 1.77. The van der Waals surface area contributed by atoms with Crippen molar-refractivity contribution in [1.29, 1.82) is 0 Å². The van der Waals surface area contributed by atoms with E-state index in [9.17, 15) is 4.79 Å². The molecule has 0 bridgehead atoms. The van der Waals surface area contributed by atoms with Gasteiger partial charge in [0.2, 0.25) is 5.91 Å². The number of hydrogen-bond acceptors (Lipinski definition) is 3. The predicted molar refractivity (Wildman–Crippen MR) is 132 cm³/mol. The Morgan fingerprint density at radius 1 is 1.35 bits per heavy atom. The first-order valence-electron chi connectivity index (χ1n) is 10.5. The van der Waals surface area contributed by atoms with Gasteiger partial charge in [-0.3, -0.25) is 4.79 Å². The van der Waals surface area contributed by atoms with Crippen molar-refractivity contribution in [3.8, 4) is 23.3 Å². The molecule has 1 heterocycles. The maximum Gasteiger partial charge on any atom is 0.233 e. The van der Waals surface area contributed by atoms with Gasteiger partial charge in [-0.15, -0.1) is 16.9 Å². The van der Waals surface area contributed by atoms with Gasteiger partial charge in [-0.05, 0) is 48.3 Å². The summed E-state index contributed by atoms with van der Waals surface area (Å²) in [6.07, 6.45) is 9.01. The Kier molecular flexibility index (Phi) is 5.75. The molecule has 5 heteroatoms. The number of nitrogens with zero attached hydrogens (tertiary/aromatic N) is 1. The zero-order valence-electron chi connectivity index (χ0n) is 18.4. The number of nitrogens with one attached hydrogen (secondary N) is 1. The van der Waals surface area contributed by atoms with Crippen molar-refractivity contribution in [2.45, 2.75) is 45.3 Å². The van der Waals surface area contributed by atoms with E-state index >= 15 is 0 Å². The van der Waals surface area contributed by atoms with E-state index in [4.69, 9.17) is 0 Å². The van der Waals surface area contributed by atoms with Crippen molar-refractivity contribution in [3.05, 3.63) is 70.3 Å². The second kappa shape index (κ2) is 8.34. The lowest BCUT2D eigenvalue weighted by Crippen LogP contribution is -2.38. The topological polar surface area (TPSA) is 42.0 Å². The van der Waals surface area contributed by atoms with Gasteiger partial charge in [0.15, 0.2) is 5.13 Å². The Morgan fingerprint density at radius 3 is 2.94 bits per heavy atom. The first kappa shape index (κ1) is 21.4. The molecule has 156 valence electrons. The Morgan fingerprint density at radius 2 is 2.19 bits per heavy atom. The molecular formula is C26H26N2OSSi. The van der Waals surface area contributed by atoms with Crippen LogP contribution in [0.15, 0.2) is 53.6 Å². The first-order valence-corrected chi connectivity index (χ1v) is 14.9. The fraction of sp³-hybridized carbons (Fsp3) is 0.308. The minimum atomic E-state index is -1.47. The molecule has 0 saturated heterocycles. The lowest BCUT2D eigenvalue weighted by atomic mass is 9.72. The summed E-state index contributed by atoms with van der Waals surface area (Å²) in [4.78, 5) is 17.8. The molecule has 0 spiro atoms. The number of rotatable bonds is 3. The lowest BCUT2D eigenvalue weighted by molar-refractivity contribution is -0.125. The van der Waals surface area contributed by atoms with Crippen LogP contribution in [0.25, 0.3) is 0 Å². The maximum absolute atomic E-state index is 13.5. The summed E-state index contributed by atoms with van der Waals surface area (Å²) in [6, 6.07) is 6.43. The van der Waals surface area contributed by atoms with E-state index < -0.39 is 13.5 Å². The van der Waals surface area contributed by atoms with Gasteiger partial charge in [0.25, 0.3) is 0 Å². The molecule has 2 aliphatic rings. The molecule has 3 nitrogen and oxygen atoms in total. The molecule has 0 fully saturated rings. The van der Waals surface area contributed by atoms with Crippen molar-refractivity contribution >= 4 is 30.4 Å². The third kappa shape index (κ3) is 4.59. The predicted octanol–water partition coefficient (Wildman–Crippen LogP) is 5.55. The second-order valence-electron chi connectivity index (χ2n) is 9.33. The first-order chi connectivity index (χ1) is 14.8. The van der Waals surface area contributed by atoms with Gasteiger partial charge < -0.3 is 5.32 Å². The van der Waals surface area contributed by atoms with E-state index in [1.54, 1.807) is 6.20 Å². The summed E-state index contributed by atoms with van der Waals surface area (Å²) in [5.74, 6) is 9.61. The molecule has 31 heavy (non-hydrogen) atoms. The van der Waals surface area contributed by atoms with Crippen LogP contribution in [0, 0.1) is 28.7 Å². The van der Waals surface area contributed by atoms with E-state index in [0.29, 0.717) is 18.0 Å². The Bertz CT molecular complexity index is 1200. The smallest absolute Gasteiger partial charge is 0.233 e. The number of amides is 1. The molecule has 1 aromatic heterocycles. The Hall–Kier alpha value is -2.86. The minimum Gasteiger partial charge on any atom is -0.301 e. The molecule has 2 atom stereocenters. The average molecular weight is 443 g/mol. The third-order valence-electron chi connectivity index (χ3n) is 5.66. The summed E-state index contributed by atoms with van der Waals surface area (Å²) in [6.45, 7) is 8.81. The van der Waals surface area contributed by atoms with Crippen LogP contribution in [-0.4, -0.2) is 19.0 Å². The molecule has 1 N–H and O–H groups in total. The normalized spacial score (nSPS) is 21.7. The molecule has 1 amide bonds. The molecule has 4 rings (SSSR count). The number of anilines is 1. The van der Waals surface area contributed by atoms with Crippen LogP contribution in [-0.2, 0) is 11.2 Å². The molecule has 2 aromatic rings. The van der Waals surface area contributed by atoms with Crippen LogP contribution in [0.2, 0.25) is 19.6 Å². The summed E-state index contributed by atoms with van der Waals surface area (Å²) < 4.78 is 0.